The third-order valence-electron chi connectivity index (χ3n) is 3.41. The minimum Gasteiger partial charge on any atom is -0.339 e. The summed E-state index contributed by atoms with van der Waals surface area (Å²) in [7, 11) is 0. The molecule has 2 aromatic rings. The van der Waals surface area contributed by atoms with Crippen molar-refractivity contribution in [3.05, 3.63) is 17.8 Å². The van der Waals surface area contributed by atoms with Gasteiger partial charge in [0.2, 0.25) is 5.91 Å². The van der Waals surface area contributed by atoms with Crippen molar-refractivity contribution in [1.29, 1.82) is 0 Å². The van der Waals surface area contributed by atoms with E-state index < -0.39 is 0 Å². The van der Waals surface area contributed by atoms with Gasteiger partial charge in [-0.2, -0.15) is 0 Å². The van der Waals surface area contributed by atoms with Crippen molar-refractivity contribution in [2.45, 2.75) is 37.8 Å². The fraction of sp³-hybridized carbons (Fsp3) is 0.533. The Labute approximate surface area is 133 Å². The topological polar surface area (TPSA) is 46.1 Å². The Morgan fingerprint density at radius 1 is 1.48 bits per heavy atom. The lowest BCUT2D eigenvalue weighted by atomic mass is 10.2. The van der Waals surface area contributed by atoms with Crippen LogP contribution >= 0.6 is 23.1 Å². The van der Waals surface area contributed by atoms with Crippen LogP contribution in [-0.2, 0) is 4.79 Å². The number of thioether (sulfide) groups is 1. The Morgan fingerprint density at radius 3 is 3.00 bits per heavy atom. The Balaban J connectivity index is 1.66. The fourth-order valence-corrected chi connectivity index (χ4v) is 4.15. The van der Waals surface area contributed by atoms with Gasteiger partial charge in [0.15, 0.2) is 0 Å². The summed E-state index contributed by atoms with van der Waals surface area (Å²) in [6.45, 7) is 5.19. The van der Waals surface area contributed by atoms with Crippen LogP contribution in [0.15, 0.2) is 22.8 Å². The van der Waals surface area contributed by atoms with E-state index in [1.165, 1.54) is 11.8 Å². The molecule has 1 saturated carbocycles. The standard InChI is InChI=1S/C15H19N3OS2/c1-10(2)7-18(11-3-4-11)13(19)8-21-15-14-12(5-6-20-14)16-9-17-15/h5-6,9-11H,3-4,7-8H2,1-2H3. The molecule has 4 nitrogen and oxygen atoms in total. The molecule has 0 saturated heterocycles. The lowest BCUT2D eigenvalue weighted by Gasteiger charge is -2.24. The molecule has 1 aliphatic rings. The smallest absolute Gasteiger partial charge is 0.233 e. The second-order valence-electron chi connectivity index (χ2n) is 5.77. The minimum absolute atomic E-state index is 0.236. The predicted molar refractivity (Wildman–Crippen MR) is 87.7 cm³/mol. The first-order chi connectivity index (χ1) is 10.1. The molecule has 0 N–H and O–H groups in total. The number of carbonyl (C=O) groups is 1. The third-order valence-corrected chi connectivity index (χ3v) is 5.43. The SMILES string of the molecule is CC(C)CN(C(=O)CSc1ncnc2ccsc12)C1CC1. The Morgan fingerprint density at radius 2 is 2.29 bits per heavy atom. The van der Waals surface area contributed by atoms with Crippen LogP contribution < -0.4 is 0 Å². The van der Waals surface area contributed by atoms with Crippen LogP contribution in [-0.4, -0.2) is 39.1 Å². The summed E-state index contributed by atoms with van der Waals surface area (Å²) in [4.78, 5) is 23.1. The first kappa shape index (κ1) is 14.8. The Bertz CT molecular complexity index is 637. The second kappa shape index (κ2) is 6.32. The molecule has 0 bridgehead atoms. The van der Waals surface area contributed by atoms with E-state index >= 15 is 0 Å². The van der Waals surface area contributed by atoms with E-state index in [4.69, 9.17) is 0 Å². The molecule has 0 spiro atoms. The molecule has 1 aliphatic carbocycles. The molecule has 1 fully saturated rings. The number of fused-ring (bicyclic) bond motifs is 1. The predicted octanol–water partition coefficient (Wildman–Crippen LogP) is 3.43. The summed E-state index contributed by atoms with van der Waals surface area (Å²) in [5.41, 5.74) is 0.964. The van der Waals surface area contributed by atoms with Gasteiger partial charge >= 0.3 is 0 Å². The molecule has 0 atom stereocenters. The number of hydrogen-bond donors (Lipinski definition) is 0. The molecule has 2 aromatic heterocycles. The average Bonchev–Trinajstić information content (AvgIpc) is 3.18. The molecule has 0 aliphatic heterocycles. The monoisotopic (exact) mass is 321 g/mol. The summed E-state index contributed by atoms with van der Waals surface area (Å²) in [6.07, 6.45) is 3.90. The first-order valence-electron chi connectivity index (χ1n) is 7.25. The van der Waals surface area contributed by atoms with Crippen LogP contribution in [0.2, 0.25) is 0 Å². The maximum absolute atomic E-state index is 12.5. The van der Waals surface area contributed by atoms with Gasteiger partial charge < -0.3 is 4.90 Å². The first-order valence-corrected chi connectivity index (χ1v) is 9.12. The van der Waals surface area contributed by atoms with Crippen LogP contribution in [0, 0.1) is 5.92 Å². The van der Waals surface area contributed by atoms with Crippen molar-refractivity contribution in [3.63, 3.8) is 0 Å². The van der Waals surface area contributed by atoms with Crippen LogP contribution in [0.25, 0.3) is 10.2 Å². The summed E-state index contributed by atoms with van der Waals surface area (Å²) in [5.74, 6) is 1.22. The van der Waals surface area contributed by atoms with Crippen LogP contribution in [0.1, 0.15) is 26.7 Å². The Kier molecular flexibility index (Phi) is 4.45. The van der Waals surface area contributed by atoms with Crippen LogP contribution in [0.3, 0.4) is 0 Å². The highest BCUT2D eigenvalue weighted by Crippen LogP contribution is 2.31. The van der Waals surface area contributed by atoms with Crippen molar-refractivity contribution in [1.82, 2.24) is 14.9 Å². The largest absolute Gasteiger partial charge is 0.339 e. The lowest BCUT2D eigenvalue weighted by Crippen LogP contribution is -2.37. The number of rotatable bonds is 6. The Hall–Kier alpha value is -1.14. The highest BCUT2D eigenvalue weighted by molar-refractivity contribution is 8.00. The number of carbonyl (C=O) groups excluding carboxylic acids is 1. The van der Waals surface area contributed by atoms with E-state index in [9.17, 15) is 4.79 Å². The maximum Gasteiger partial charge on any atom is 0.233 e. The van der Waals surface area contributed by atoms with Gasteiger partial charge in [-0.3, -0.25) is 4.79 Å². The van der Waals surface area contributed by atoms with Crippen molar-refractivity contribution in [2.24, 2.45) is 5.92 Å². The number of hydrogen-bond acceptors (Lipinski definition) is 5. The molecule has 3 rings (SSSR count). The molecule has 2 heterocycles. The molecule has 0 unspecified atom stereocenters. The lowest BCUT2D eigenvalue weighted by molar-refractivity contribution is -0.129. The number of thiophene rings is 1. The summed E-state index contributed by atoms with van der Waals surface area (Å²) in [5, 5.41) is 2.93. The van der Waals surface area contributed by atoms with Gasteiger partial charge in [-0.25, -0.2) is 9.97 Å². The van der Waals surface area contributed by atoms with E-state index in [1.54, 1.807) is 17.7 Å². The van der Waals surface area contributed by atoms with E-state index in [0.717, 1.165) is 34.6 Å². The molecule has 1 amide bonds. The van der Waals surface area contributed by atoms with Crippen molar-refractivity contribution < 1.29 is 4.79 Å². The molecular formula is C15H19N3OS2. The van der Waals surface area contributed by atoms with E-state index in [0.29, 0.717) is 17.7 Å². The van der Waals surface area contributed by atoms with Gasteiger partial charge in [0, 0.05) is 12.6 Å². The molecule has 0 radical (unpaired) electrons. The van der Waals surface area contributed by atoms with E-state index in [-0.39, 0.29) is 5.91 Å². The minimum atomic E-state index is 0.236. The summed E-state index contributed by atoms with van der Waals surface area (Å²) in [6, 6.07) is 2.47. The average molecular weight is 321 g/mol. The summed E-state index contributed by atoms with van der Waals surface area (Å²) >= 11 is 3.16. The number of amides is 1. The molecular weight excluding hydrogens is 302 g/mol. The van der Waals surface area contributed by atoms with Crippen molar-refractivity contribution >= 4 is 39.2 Å². The van der Waals surface area contributed by atoms with Crippen molar-refractivity contribution in [2.75, 3.05) is 12.3 Å². The third kappa shape index (κ3) is 3.55. The van der Waals surface area contributed by atoms with Gasteiger partial charge in [-0.05, 0) is 30.2 Å². The fourth-order valence-electron chi connectivity index (χ4n) is 2.32. The maximum atomic E-state index is 12.5. The zero-order valence-corrected chi connectivity index (χ0v) is 13.9. The van der Waals surface area contributed by atoms with E-state index in [1.807, 2.05) is 11.4 Å². The zero-order chi connectivity index (χ0) is 14.8. The molecule has 21 heavy (non-hydrogen) atoms. The number of aromatic nitrogens is 2. The van der Waals surface area contributed by atoms with Gasteiger partial charge in [0.25, 0.3) is 0 Å². The molecule has 0 aromatic carbocycles. The summed E-state index contributed by atoms with van der Waals surface area (Å²) < 4.78 is 1.08. The zero-order valence-electron chi connectivity index (χ0n) is 12.3. The van der Waals surface area contributed by atoms with Crippen LogP contribution in [0.5, 0.6) is 0 Å². The van der Waals surface area contributed by atoms with Crippen LogP contribution in [0.4, 0.5) is 0 Å². The normalized spacial score (nSPS) is 14.8. The second-order valence-corrected chi connectivity index (χ2v) is 7.65. The van der Waals surface area contributed by atoms with Gasteiger partial charge in [-0.1, -0.05) is 25.6 Å². The van der Waals surface area contributed by atoms with Crippen molar-refractivity contribution in [3.8, 4) is 0 Å². The highest BCUT2D eigenvalue weighted by atomic mass is 32.2. The quantitative estimate of drug-likeness (QED) is 0.604. The number of nitrogens with zero attached hydrogens (tertiary/aromatic N) is 3. The molecule has 112 valence electrons. The molecule has 6 heteroatoms. The van der Waals surface area contributed by atoms with Gasteiger partial charge in [-0.15, -0.1) is 11.3 Å². The van der Waals surface area contributed by atoms with Gasteiger partial charge in [0.1, 0.15) is 11.4 Å². The van der Waals surface area contributed by atoms with E-state index in [2.05, 4.69) is 28.7 Å². The highest BCUT2D eigenvalue weighted by Gasteiger charge is 2.32. The van der Waals surface area contributed by atoms with Gasteiger partial charge in [0.05, 0.1) is 16.0 Å².